The van der Waals surface area contributed by atoms with Crippen LogP contribution >= 0.6 is 0 Å². The fourth-order valence-corrected chi connectivity index (χ4v) is 3.09. The van der Waals surface area contributed by atoms with Gasteiger partial charge < -0.3 is 22.1 Å². The summed E-state index contributed by atoms with van der Waals surface area (Å²) < 4.78 is 0. The largest absolute Gasteiger partial charge is 0.347 e. The molecule has 0 aromatic heterocycles. The summed E-state index contributed by atoms with van der Waals surface area (Å²) in [6.45, 7) is 3.39. The summed E-state index contributed by atoms with van der Waals surface area (Å²) in [6, 6.07) is -0.869. The Labute approximate surface area is 144 Å². The van der Waals surface area contributed by atoms with Gasteiger partial charge in [-0.1, -0.05) is 33.1 Å². The molecule has 2 unspecified atom stereocenters. The SMILES string of the molecule is CC(C)C(=O)C(CN)NC(=O)CNC(=O)CC(N)C1CCCCC1. The molecule has 7 heteroatoms. The summed E-state index contributed by atoms with van der Waals surface area (Å²) >= 11 is 0. The summed E-state index contributed by atoms with van der Waals surface area (Å²) in [6.07, 6.45) is 5.96. The minimum absolute atomic E-state index is 0.0449. The van der Waals surface area contributed by atoms with E-state index in [9.17, 15) is 14.4 Å². The maximum absolute atomic E-state index is 11.9. The highest BCUT2D eigenvalue weighted by molar-refractivity contribution is 5.92. The van der Waals surface area contributed by atoms with Crippen molar-refractivity contribution in [3.8, 4) is 0 Å². The lowest BCUT2D eigenvalue weighted by Gasteiger charge is -2.27. The molecule has 138 valence electrons. The highest BCUT2D eigenvalue weighted by Crippen LogP contribution is 2.26. The lowest BCUT2D eigenvalue weighted by molar-refractivity contribution is -0.130. The van der Waals surface area contributed by atoms with Gasteiger partial charge in [0, 0.05) is 24.9 Å². The van der Waals surface area contributed by atoms with Gasteiger partial charge in [0.25, 0.3) is 0 Å². The molecule has 0 aromatic rings. The van der Waals surface area contributed by atoms with Crippen molar-refractivity contribution in [2.24, 2.45) is 23.3 Å². The fourth-order valence-electron chi connectivity index (χ4n) is 3.09. The molecule has 0 spiro atoms. The van der Waals surface area contributed by atoms with Gasteiger partial charge in [-0.25, -0.2) is 0 Å². The van der Waals surface area contributed by atoms with Crippen LogP contribution in [0.3, 0.4) is 0 Å². The van der Waals surface area contributed by atoms with Gasteiger partial charge in [0.15, 0.2) is 5.78 Å². The van der Waals surface area contributed by atoms with Crippen molar-refractivity contribution in [2.75, 3.05) is 13.1 Å². The van der Waals surface area contributed by atoms with Crippen LogP contribution in [0.5, 0.6) is 0 Å². The summed E-state index contributed by atoms with van der Waals surface area (Å²) in [5, 5.41) is 5.13. The van der Waals surface area contributed by atoms with Gasteiger partial charge in [0.05, 0.1) is 12.6 Å². The van der Waals surface area contributed by atoms with E-state index >= 15 is 0 Å². The number of hydrogen-bond acceptors (Lipinski definition) is 5. The van der Waals surface area contributed by atoms with E-state index < -0.39 is 11.9 Å². The van der Waals surface area contributed by atoms with Crippen LogP contribution in [0, 0.1) is 11.8 Å². The van der Waals surface area contributed by atoms with Crippen LogP contribution in [0.4, 0.5) is 0 Å². The smallest absolute Gasteiger partial charge is 0.240 e. The van der Waals surface area contributed by atoms with Gasteiger partial charge in [-0.2, -0.15) is 0 Å². The number of rotatable bonds is 9. The Balaban J connectivity index is 2.32. The van der Waals surface area contributed by atoms with Gasteiger partial charge in [-0.05, 0) is 18.8 Å². The standard InChI is InChI=1S/C17H32N4O3/c1-11(2)17(24)14(9-18)21-16(23)10-20-15(22)8-13(19)12-6-4-3-5-7-12/h11-14H,3-10,18-19H2,1-2H3,(H,20,22)(H,21,23). The van der Waals surface area contributed by atoms with Gasteiger partial charge in [-0.15, -0.1) is 0 Å². The Morgan fingerprint density at radius 3 is 2.25 bits per heavy atom. The third-order valence-corrected chi connectivity index (χ3v) is 4.61. The lowest BCUT2D eigenvalue weighted by Crippen LogP contribution is -2.50. The maximum Gasteiger partial charge on any atom is 0.240 e. The minimum atomic E-state index is -0.709. The Morgan fingerprint density at radius 2 is 1.71 bits per heavy atom. The second kappa shape index (κ2) is 10.4. The van der Waals surface area contributed by atoms with Crippen molar-refractivity contribution in [2.45, 2.75) is 64.5 Å². The fraction of sp³-hybridized carbons (Fsp3) is 0.824. The number of hydrogen-bond donors (Lipinski definition) is 4. The monoisotopic (exact) mass is 340 g/mol. The average Bonchev–Trinajstić information content (AvgIpc) is 2.57. The second-order valence-electron chi connectivity index (χ2n) is 6.96. The molecule has 1 rings (SSSR count). The second-order valence-corrected chi connectivity index (χ2v) is 6.96. The Morgan fingerprint density at radius 1 is 1.08 bits per heavy atom. The molecular formula is C17H32N4O3. The third-order valence-electron chi connectivity index (χ3n) is 4.61. The molecule has 7 nitrogen and oxygen atoms in total. The van der Waals surface area contributed by atoms with Gasteiger partial charge >= 0.3 is 0 Å². The predicted octanol–water partition coefficient (Wildman–Crippen LogP) is 0.0689. The van der Waals surface area contributed by atoms with Crippen LogP contribution in [0.25, 0.3) is 0 Å². The molecule has 1 saturated carbocycles. The van der Waals surface area contributed by atoms with Gasteiger partial charge in [0.2, 0.25) is 11.8 Å². The first kappa shape index (κ1) is 20.6. The van der Waals surface area contributed by atoms with E-state index in [4.69, 9.17) is 11.5 Å². The zero-order chi connectivity index (χ0) is 18.1. The zero-order valence-electron chi connectivity index (χ0n) is 14.8. The number of nitrogens with one attached hydrogen (secondary N) is 2. The molecule has 2 atom stereocenters. The third kappa shape index (κ3) is 6.97. The highest BCUT2D eigenvalue weighted by atomic mass is 16.2. The maximum atomic E-state index is 11.9. The average molecular weight is 340 g/mol. The van der Waals surface area contributed by atoms with Crippen LogP contribution in [0.1, 0.15) is 52.4 Å². The first-order chi connectivity index (χ1) is 11.3. The van der Waals surface area contributed by atoms with Crippen LogP contribution < -0.4 is 22.1 Å². The quantitative estimate of drug-likeness (QED) is 0.472. The topological polar surface area (TPSA) is 127 Å². The van der Waals surface area contributed by atoms with E-state index in [1.807, 2.05) is 0 Å². The summed E-state index contributed by atoms with van der Waals surface area (Å²) in [5.41, 5.74) is 11.6. The molecule has 1 fully saturated rings. The molecule has 0 radical (unpaired) electrons. The molecule has 1 aliphatic carbocycles. The number of carbonyl (C=O) groups excluding carboxylic acids is 3. The Hall–Kier alpha value is -1.47. The number of carbonyl (C=O) groups is 3. The molecule has 1 aliphatic rings. The van der Waals surface area contributed by atoms with Crippen LogP contribution in [-0.4, -0.2) is 42.8 Å². The molecule has 6 N–H and O–H groups in total. The van der Waals surface area contributed by atoms with Crippen molar-refractivity contribution in [1.29, 1.82) is 0 Å². The normalized spacial score (nSPS) is 18.0. The van der Waals surface area contributed by atoms with Crippen molar-refractivity contribution < 1.29 is 14.4 Å². The van der Waals surface area contributed by atoms with E-state index in [1.165, 1.54) is 19.3 Å². The molecule has 24 heavy (non-hydrogen) atoms. The predicted molar refractivity (Wildman–Crippen MR) is 93.0 cm³/mol. The van der Waals surface area contributed by atoms with E-state index in [2.05, 4.69) is 10.6 Å². The van der Waals surface area contributed by atoms with E-state index in [-0.39, 0.29) is 43.2 Å². The Kier molecular flexibility index (Phi) is 8.92. The van der Waals surface area contributed by atoms with E-state index in [0.29, 0.717) is 5.92 Å². The number of Topliss-reactive ketones (excluding diaryl/α,β-unsaturated/α-hetero) is 1. The molecule has 0 bridgehead atoms. The summed E-state index contributed by atoms with van der Waals surface area (Å²) in [4.78, 5) is 35.7. The lowest BCUT2D eigenvalue weighted by atomic mass is 9.83. The molecular weight excluding hydrogens is 308 g/mol. The van der Waals surface area contributed by atoms with Crippen molar-refractivity contribution in [3.05, 3.63) is 0 Å². The van der Waals surface area contributed by atoms with Crippen molar-refractivity contribution in [3.63, 3.8) is 0 Å². The summed E-state index contributed by atoms with van der Waals surface area (Å²) in [5.74, 6) is -0.580. The molecule has 0 aliphatic heterocycles. The number of nitrogens with two attached hydrogens (primary N) is 2. The molecule has 2 amide bonds. The van der Waals surface area contributed by atoms with Crippen molar-refractivity contribution in [1.82, 2.24) is 10.6 Å². The zero-order valence-corrected chi connectivity index (χ0v) is 14.8. The van der Waals surface area contributed by atoms with Gasteiger partial charge in [-0.3, -0.25) is 14.4 Å². The van der Waals surface area contributed by atoms with E-state index in [0.717, 1.165) is 12.8 Å². The number of amides is 2. The number of ketones is 1. The molecule has 0 saturated heterocycles. The highest BCUT2D eigenvalue weighted by Gasteiger charge is 2.24. The van der Waals surface area contributed by atoms with Crippen molar-refractivity contribution >= 4 is 17.6 Å². The molecule has 0 heterocycles. The Bertz CT molecular complexity index is 434. The molecule has 0 aromatic carbocycles. The van der Waals surface area contributed by atoms with Gasteiger partial charge in [0.1, 0.15) is 0 Å². The van der Waals surface area contributed by atoms with Crippen LogP contribution in [-0.2, 0) is 14.4 Å². The van der Waals surface area contributed by atoms with Crippen LogP contribution in [0.2, 0.25) is 0 Å². The first-order valence-electron chi connectivity index (χ1n) is 8.90. The first-order valence-corrected chi connectivity index (χ1v) is 8.90. The van der Waals surface area contributed by atoms with Crippen LogP contribution in [0.15, 0.2) is 0 Å². The van der Waals surface area contributed by atoms with E-state index in [1.54, 1.807) is 13.8 Å². The summed E-state index contributed by atoms with van der Waals surface area (Å²) in [7, 11) is 0. The minimum Gasteiger partial charge on any atom is -0.347 e.